The Morgan fingerprint density at radius 3 is 2.63 bits per heavy atom. The largest absolute Gasteiger partial charge is 0.446 e. The third kappa shape index (κ3) is 3.50. The molecule has 7 heteroatoms. The molecule has 0 aliphatic heterocycles. The maximum atomic E-state index is 11.1. The van der Waals surface area contributed by atoms with Crippen LogP contribution in [0.4, 0.5) is 5.69 Å². The lowest BCUT2D eigenvalue weighted by atomic mass is 10.2. The lowest BCUT2D eigenvalue weighted by Gasteiger charge is -2.07. The Morgan fingerprint density at radius 1 is 1.32 bits per heavy atom. The van der Waals surface area contributed by atoms with E-state index in [1.165, 1.54) is 6.07 Å². The molecule has 0 saturated heterocycles. The van der Waals surface area contributed by atoms with Gasteiger partial charge < -0.3 is 9.73 Å². The zero-order valence-electron chi connectivity index (χ0n) is 10.2. The Hall–Kier alpha value is -1.50. The van der Waals surface area contributed by atoms with E-state index < -0.39 is 10.0 Å². The van der Waals surface area contributed by atoms with Gasteiger partial charge >= 0.3 is 0 Å². The Bertz CT molecular complexity index is 695. The van der Waals surface area contributed by atoms with Gasteiger partial charge in [-0.3, -0.25) is 0 Å². The number of furan rings is 1. The fourth-order valence-corrected chi connectivity index (χ4v) is 2.33. The molecule has 2 rings (SSSR count). The van der Waals surface area contributed by atoms with Gasteiger partial charge in [0.15, 0.2) is 0 Å². The second-order valence-corrected chi connectivity index (χ2v) is 6.00. The number of benzene rings is 1. The highest BCUT2D eigenvalue weighted by atomic mass is 35.5. The van der Waals surface area contributed by atoms with E-state index in [4.69, 9.17) is 21.2 Å². The average Bonchev–Trinajstić information content (AvgIpc) is 2.76. The van der Waals surface area contributed by atoms with Crippen LogP contribution in [0.1, 0.15) is 11.3 Å². The van der Waals surface area contributed by atoms with Crippen molar-refractivity contribution in [3.8, 4) is 0 Å². The van der Waals surface area contributed by atoms with Crippen molar-refractivity contribution >= 4 is 27.3 Å². The molecule has 0 aliphatic rings. The zero-order valence-corrected chi connectivity index (χ0v) is 11.8. The third-order valence-corrected chi connectivity index (χ3v) is 3.59. The summed E-state index contributed by atoms with van der Waals surface area (Å²) in [7, 11) is -3.80. The van der Waals surface area contributed by atoms with Crippen molar-refractivity contribution in [3.63, 3.8) is 0 Å². The molecule has 102 valence electrons. The zero-order chi connectivity index (χ0) is 14.0. The molecule has 1 aromatic carbocycles. The fourth-order valence-electron chi connectivity index (χ4n) is 1.55. The maximum absolute atomic E-state index is 11.1. The predicted molar refractivity (Wildman–Crippen MR) is 73.6 cm³/mol. The number of anilines is 1. The lowest BCUT2D eigenvalue weighted by molar-refractivity contribution is 0.419. The highest BCUT2D eigenvalue weighted by Crippen LogP contribution is 2.23. The molecule has 2 aromatic rings. The summed E-state index contributed by atoms with van der Waals surface area (Å²) in [5.41, 5.74) is 1.81. The normalized spacial score (nSPS) is 11.5. The molecule has 0 radical (unpaired) electrons. The summed E-state index contributed by atoms with van der Waals surface area (Å²) in [6, 6.07) is 8.48. The van der Waals surface area contributed by atoms with Gasteiger partial charge in [-0.25, -0.2) is 13.6 Å². The first-order valence-electron chi connectivity index (χ1n) is 5.48. The number of aryl methyl sites for hydroxylation is 1. The molecule has 0 spiro atoms. The van der Waals surface area contributed by atoms with Gasteiger partial charge in [0.25, 0.3) is 10.0 Å². The number of sulfonamides is 1. The van der Waals surface area contributed by atoms with Gasteiger partial charge in [0.2, 0.25) is 5.09 Å². The second kappa shape index (κ2) is 5.24. The quantitative estimate of drug-likeness (QED) is 0.908. The summed E-state index contributed by atoms with van der Waals surface area (Å²) in [6.07, 6.45) is 0. The monoisotopic (exact) mass is 300 g/mol. The van der Waals surface area contributed by atoms with Crippen molar-refractivity contribution in [2.75, 3.05) is 5.32 Å². The van der Waals surface area contributed by atoms with Crippen LogP contribution in [0.5, 0.6) is 0 Å². The summed E-state index contributed by atoms with van der Waals surface area (Å²) < 4.78 is 27.2. The first-order valence-corrected chi connectivity index (χ1v) is 7.40. The molecule has 1 aromatic heterocycles. The smallest absolute Gasteiger partial charge is 0.271 e. The van der Waals surface area contributed by atoms with E-state index in [1.54, 1.807) is 6.07 Å². The molecule has 0 amide bonds. The van der Waals surface area contributed by atoms with Crippen LogP contribution in [0.3, 0.4) is 0 Å². The number of halogens is 1. The van der Waals surface area contributed by atoms with E-state index in [0.29, 0.717) is 17.3 Å². The molecule has 0 atom stereocenters. The standard InChI is InChI=1S/C12H13ClN2O3S/c1-8-2-4-11(10(13)6-8)15-7-9-3-5-12(18-9)19(14,16)17/h2-6,15H,7H2,1H3,(H2,14,16,17). The van der Waals surface area contributed by atoms with Gasteiger partial charge in [0.05, 0.1) is 17.3 Å². The molecule has 3 N–H and O–H groups in total. The van der Waals surface area contributed by atoms with Gasteiger partial charge in [-0.1, -0.05) is 17.7 Å². The minimum absolute atomic E-state index is 0.251. The van der Waals surface area contributed by atoms with Crippen molar-refractivity contribution in [2.45, 2.75) is 18.6 Å². The van der Waals surface area contributed by atoms with E-state index in [9.17, 15) is 8.42 Å². The van der Waals surface area contributed by atoms with Crippen LogP contribution in [0.2, 0.25) is 5.02 Å². The molecular weight excluding hydrogens is 288 g/mol. The van der Waals surface area contributed by atoms with Crippen LogP contribution < -0.4 is 10.5 Å². The minimum atomic E-state index is -3.80. The first kappa shape index (κ1) is 13.9. The van der Waals surface area contributed by atoms with Crippen molar-refractivity contribution in [2.24, 2.45) is 5.14 Å². The first-order chi connectivity index (χ1) is 8.86. The summed E-state index contributed by atoms with van der Waals surface area (Å²) in [4.78, 5) is 0. The predicted octanol–water partition coefficient (Wildman–Crippen LogP) is 2.50. The topological polar surface area (TPSA) is 85.3 Å². The van der Waals surface area contributed by atoms with Gasteiger partial charge in [-0.15, -0.1) is 0 Å². The van der Waals surface area contributed by atoms with Crippen molar-refractivity contribution < 1.29 is 12.8 Å². The molecule has 0 bridgehead atoms. The van der Waals surface area contributed by atoms with E-state index in [-0.39, 0.29) is 5.09 Å². The van der Waals surface area contributed by atoms with Crippen LogP contribution in [0.15, 0.2) is 39.8 Å². The van der Waals surface area contributed by atoms with Crippen LogP contribution in [0, 0.1) is 6.92 Å². The van der Waals surface area contributed by atoms with Crippen molar-refractivity contribution in [3.05, 3.63) is 46.7 Å². The number of hydrogen-bond donors (Lipinski definition) is 2. The number of hydrogen-bond acceptors (Lipinski definition) is 4. The Labute approximate surface area is 116 Å². The van der Waals surface area contributed by atoms with E-state index in [0.717, 1.165) is 11.3 Å². The molecule has 0 saturated carbocycles. The maximum Gasteiger partial charge on any atom is 0.271 e. The number of primary sulfonamides is 1. The van der Waals surface area contributed by atoms with E-state index >= 15 is 0 Å². The Kier molecular flexibility index (Phi) is 3.84. The highest BCUT2D eigenvalue weighted by molar-refractivity contribution is 7.89. The van der Waals surface area contributed by atoms with Crippen LogP contribution in [-0.4, -0.2) is 8.42 Å². The third-order valence-electron chi connectivity index (χ3n) is 2.50. The van der Waals surface area contributed by atoms with Gasteiger partial charge in [-0.05, 0) is 36.8 Å². The van der Waals surface area contributed by atoms with Crippen LogP contribution in [-0.2, 0) is 16.6 Å². The molecule has 5 nitrogen and oxygen atoms in total. The number of rotatable bonds is 4. The van der Waals surface area contributed by atoms with E-state index in [1.807, 2.05) is 25.1 Å². The SMILES string of the molecule is Cc1ccc(NCc2ccc(S(N)(=O)=O)o2)c(Cl)c1. The Balaban J connectivity index is 2.09. The van der Waals surface area contributed by atoms with Crippen LogP contribution in [0.25, 0.3) is 0 Å². The van der Waals surface area contributed by atoms with E-state index in [2.05, 4.69) is 5.32 Å². The average molecular weight is 301 g/mol. The van der Waals surface area contributed by atoms with Gasteiger partial charge in [0, 0.05) is 0 Å². The van der Waals surface area contributed by atoms with Crippen molar-refractivity contribution in [1.29, 1.82) is 0 Å². The van der Waals surface area contributed by atoms with Gasteiger partial charge in [0.1, 0.15) is 5.76 Å². The molecule has 19 heavy (non-hydrogen) atoms. The van der Waals surface area contributed by atoms with Crippen LogP contribution >= 0.6 is 11.6 Å². The molecule has 1 heterocycles. The molecular formula is C12H13ClN2O3S. The summed E-state index contributed by atoms with van der Waals surface area (Å²) in [6.45, 7) is 2.26. The highest BCUT2D eigenvalue weighted by Gasteiger charge is 2.13. The molecule has 0 fully saturated rings. The lowest BCUT2D eigenvalue weighted by Crippen LogP contribution is -2.10. The summed E-state index contributed by atoms with van der Waals surface area (Å²) >= 11 is 6.06. The summed E-state index contributed by atoms with van der Waals surface area (Å²) in [5, 5.41) is 8.36. The fraction of sp³-hybridized carbons (Fsp3) is 0.167. The minimum Gasteiger partial charge on any atom is -0.446 e. The van der Waals surface area contributed by atoms with Crippen molar-refractivity contribution in [1.82, 2.24) is 0 Å². The Morgan fingerprint density at radius 2 is 2.05 bits per heavy atom. The van der Waals surface area contributed by atoms with Gasteiger partial charge in [-0.2, -0.15) is 0 Å². The number of nitrogens with one attached hydrogen (secondary N) is 1. The second-order valence-electron chi connectivity index (χ2n) is 4.10. The molecule has 0 unspecified atom stereocenters. The molecule has 0 aliphatic carbocycles. The number of nitrogens with two attached hydrogens (primary N) is 1. The summed E-state index contributed by atoms with van der Waals surface area (Å²) in [5.74, 6) is 0.459.